The zero-order valence-electron chi connectivity index (χ0n) is 23.8. The number of esters is 2. The number of carbonyl (C=O) groups is 2. The first-order valence-electron chi connectivity index (χ1n) is 14.2. The number of ether oxygens (including phenoxy) is 5. The molecule has 0 aromatic heterocycles. The second-order valence-electron chi connectivity index (χ2n) is 9.12. The fraction of sp³-hybridized carbons (Fsp3) is 0.613. The number of carbonyl (C=O) groups excluding carboxylic acids is 2. The van der Waals surface area contributed by atoms with E-state index < -0.39 is 11.9 Å². The van der Waals surface area contributed by atoms with E-state index in [2.05, 4.69) is 20.4 Å². The van der Waals surface area contributed by atoms with Gasteiger partial charge in [-0.3, -0.25) is 0 Å². The highest BCUT2D eigenvalue weighted by atomic mass is 16.6. The zero-order valence-corrected chi connectivity index (χ0v) is 23.8. The van der Waals surface area contributed by atoms with Gasteiger partial charge in [0.1, 0.15) is 13.2 Å². The van der Waals surface area contributed by atoms with Gasteiger partial charge in [-0.2, -0.15) is 0 Å². The maximum absolute atomic E-state index is 11.8. The van der Waals surface area contributed by atoms with Gasteiger partial charge in [-0.15, -0.1) is 0 Å². The van der Waals surface area contributed by atoms with Gasteiger partial charge in [0.15, 0.2) is 11.5 Å². The maximum Gasteiger partial charge on any atom is 0.330 e. The van der Waals surface area contributed by atoms with E-state index in [4.69, 9.17) is 23.7 Å². The van der Waals surface area contributed by atoms with E-state index in [0.717, 1.165) is 31.8 Å². The molecule has 0 aliphatic carbocycles. The van der Waals surface area contributed by atoms with Crippen LogP contribution in [0.25, 0.3) is 6.08 Å². The number of hydrogen-bond acceptors (Lipinski definition) is 7. The molecule has 1 aromatic rings. The van der Waals surface area contributed by atoms with Gasteiger partial charge < -0.3 is 23.7 Å². The average Bonchev–Trinajstić information content (AvgIpc) is 2.93. The van der Waals surface area contributed by atoms with Gasteiger partial charge in [-0.25, -0.2) is 9.59 Å². The van der Waals surface area contributed by atoms with E-state index >= 15 is 0 Å². The van der Waals surface area contributed by atoms with Crippen molar-refractivity contribution in [1.29, 1.82) is 0 Å². The summed E-state index contributed by atoms with van der Waals surface area (Å²) in [5.41, 5.74) is 0.699. The summed E-state index contributed by atoms with van der Waals surface area (Å²) in [7, 11) is 1.34. The molecular weight excluding hydrogens is 484 g/mol. The number of unbranched alkanes of at least 4 members (excludes halogenated alkanes) is 10. The Morgan fingerprint density at radius 3 is 1.87 bits per heavy atom. The van der Waals surface area contributed by atoms with Crippen molar-refractivity contribution in [3.8, 4) is 17.2 Å². The van der Waals surface area contributed by atoms with Crippen LogP contribution < -0.4 is 14.2 Å². The largest absolute Gasteiger partial charge is 0.489 e. The predicted molar refractivity (Wildman–Crippen MR) is 152 cm³/mol. The first-order chi connectivity index (χ1) is 18.6. The lowest BCUT2D eigenvalue weighted by atomic mass is 10.1. The van der Waals surface area contributed by atoms with Crippen LogP contribution in [0.3, 0.4) is 0 Å². The fourth-order valence-electron chi connectivity index (χ4n) is 3.78. The van der Waals surface area contributed by atoms with Crippen LogP contribution in [0, 0.1) is 0 Å². The van der Waals surface area contributed by atoms with Gasteiger partial charge in [0, 0.05) is 17.7 Å². The lowest BCUT2D eigenvalue weighted by Gasteiger charge is -2.19. The number of benzene rings is 1. The Balaban J connectivity index is 3.04. The van der Waals surface area contributed by atoms with Crippen molar-refractivity contribution in [1.82, 2.24) is 0 Å². The van der Waals surface area contributed by atoms with Crippen molar-refractivity contribution in [3.63, 3.8) is 0 Å². The standard InChI is InChI=1S/C31H48O7/c1-5-8-10-12-14-16-22-37-30-26(19-21-29(33)34-4)18-20-27(35-24-25-36-28(32)7-3)31(30)38-23-17-15-13-11-9-6-2/h7,18-21H,3,5-6,8-17,22-25H2,1-2,4H3/b21-19+. The van der Waals surface area contributed by atoms with Crippen molar-refractivity contribution in [2.45, 2.75) is 90.9 Å². The van der Waals surface area contributed by atoms with Crippen LogP contribution in [-0.4, -0.2) is 45.5 Å². The lowest BCUT2D eigenvalue weighted by molar-refractivity contribution is -0.138. The second-order valence-corrected chi connectivity index (χ2v) is 9.12. The van der Waals surface area contributed by atoms with E-state index in [0.29, 0.717) is 36.0 Å². The molecule has 0 fully saturated rings. The van der Waals surface area contributed by atoms with Gasteiger partial charge in [0.25, 0.3) is 0 Å². The molecule has 214 valence electrons. The monoisotopic (exact) mass is 532 g/mol. The van der Waals surface area contributed by atoms with Crippen LogP contribution in [0.2, 0.25) is 0 Å². The van der Waals surface area contributed by atoms with E-state index in [9.17, 15) is 9.59 Å². The molecule has 0 unspecified atom stereocenters. The molecule has 0 bridgehead atoms. The number of rotatable bonds is 23. The molecule has 38 heavy (non-hydrogen) atoms. The topological polar surface area (TPSA) is 80.3 Å². The summed E-state index contributed by atoms with van der Waals surface area (Å²) in [6.07, 6.45) is 17.9. The molecule has 1 rings (SSSR count). The third-order valence-electron chi connectivity index (χ3n) is 5.95. The summed E-state index contributed by atoms with van der Waals surface area (Å²) >= 11 is 0. The molecule has 7 nitrogen and oxygen atoms in total. The molecule has 1 aromatic carbocycles. The summed E-state index contributed by atoms with van der Waals surface area (Å²) in [6, 6.07) is 3.60. The quantitative estimate of drug-likeness (QED) is 0.0822. The van der Waals surface area contributed by atoms with Gasteiger partial charge in [-0.1, -0.05) is 84.6 Å². The van der Waals surface area contributed by atoms with E-state index in [-0.39, 0.29) is 13.2 Å². The van der Waals surface area contributed by atoms with Crippen molar-refractivity contribution in [2.75, 3.05) is 33.5 Å². The molecule has 0 aliphatic heterocycles. The smallest absolute Gasteiger partial charge is 0.330 e. The summed E-state index contributed by atoms with van der Waals surface area (Å²) in [5, 5.41) is 0. The van der Waals surface area contributed by atoms with E-state index in [1.807, 2.05) is 6.07 Å². The Morgan fingerprint density at radius 1 is 0.711 bits per heavy atom. The summed E-state index contributed by atoms with van der Waals surface area (Å²) < 4.78 is 28.2. The van der Waals surface area contributed by atoms with Crippen molar-refractivity contribution < 1.29 is 33.3 Å². The van der Waals surface area contributed by atoms with E-state index in [1.54, 1.807) is 12.1 Å². The molecule has 0 N–H and O–H groups in total. The Morgan fingerprint density at radius 2 is 1.29 bits per heavy atom. The summed E-state index contributed by atoms with van der Waals surface area (Å²) in [4.78, 5) is 23.1. The molecule has 0 radical (unpaired) electrons. The number of methoxy groups -OCH3 is 1. The first-order valence-corrected chi connectivity index (χ1v) is 14.2. The third kappa shape index (κ3) is 14.7. The first kappa shape index (κ1) is 33.1. The maximum atomic E-state index is 11.8. The second kappa shape index (κ2) is 22.1. The van der Waals surface area contributed by atoms with Crippen LogP contribution >= 0.6 is 0 Å². The molecular formula is C31H48O7. The molecule has 0 heterocycles. The minimum atomic E-state index is -0.501. The minimum Gasteiger partial charge on any atom is -0.489 e. The van der Waals surface area contributed by atoms with E-state index in [1.165, 1.54) is 64.6 Å². The Bertz CT molecular complexity index is 832. The number of hydrogen-bond donors (Lipinski definition) is 0. The minimum absolute atomic E-state index is 0.0830. The van der Waals surface area contributed by atoms with Crippen molar-refractivity contribution in [2.24, 2.45) is 0 Å². The van der Waals surface area contributed by atoms with Crippen molar-refractivity contribution >= 4 is 18.0 Å². The molecule has 0 amide bonds. The van der Waals surface area contributed by atoms with Crippen LogP contribution in [0.4, 0.5) is 0 Å². The van der Waals surface area contributed by atoms with Crippen LogP contribution in [0.15, 0.2) is 30.9 Å². The lowest BCUT2D eigenvalue weighted by Crippen LogP contribution is -2.12. The van der Waals surface area contributed by atoms with Gasteiger partial charge in [0.2, 0.25) is 5.75 Å². The Kier molecular flexibility index (Phi) is 19.2. The molecule has 0 saturated heterocycles. The molecule has 0 aliphatic rings. The summed E-state index contributed by atoms with van der Waals surface area (Å²) in [6.45, 7) is 9.09. The molecule has 0 atom stereocenters. The van der Waals surface area contributed by atoms with Crippen LogP contribution in [-0.2, 0) is 19.1 Å². The van der Waals surface area contributed by atoms with Crippen LogP contribution in [0.1, 0.15) is 96.5 Å². The summed E-state index contributed by atoms with van der Waals surface area (Å²) in [5.74, 6) is 0.570. The highest BCUT2D eigenvalue weighted by Gasteiger charge is 2.18. The van der Waals surface area contributed by atoms with Gasteiger partial charge in [0.05, 0.1) is 20.3 Å². The van der Waals surface area contributed by atoms with Crippen molar-refractivity contribution in [3.05, 3.63) is 36.4 Å². The van der Waals surface area contributed by atoms with Gasteiger partial charge in [-0.05, 0) is 31.1 Å². The SMILES string of the molecule is C=CC(=O)OCCOc1ccc(/C=C/C(=O)OC)c(OCCCCCCCC)c1OCCCCCCCC. The molecule has 0 saturated carbocycles. The third-order valence-corrected chi connectivity index (χ3v) is 5.95. The predicted octanol–water partition coefficient (Wildman–Crippen LogP) is 7.46. The Labute approximate surface area is 229 Å². The van der Waals surface area contributed by atoms with Crippen LogP contribution in [0.5, 0.6) is 17.2 Å². The highest BCUT2D eigenvalue weighted by molar-refractivity contribution is 5.88. The fourth-order valence-corrected chi connectivity index (χ4v) is 3.78. The average molecular weight is 533 g/mol. The Hall–Kier alpha value is -2.96. The zero-order chi connectivity index (χ0) is 27.8. The molecule has 7 heteroatoms. The molecule has 0 spiro atoms. The highest BCUT2D eigenvalue weighted by Crippen LogP contribution is 2.41. The normalized spacial score (nSPS) is 10.8. The van der Waals surface area contributed by atoms with Gasteiger partial charge >= 0.3 is 11.9 Å².